The van der Waals surface area contributed by atoms with Crippen molar-refractivity contribution in [3.8, 4) is 0 Å². The van der Waals surface area contributed by atoms with E-state index in [2.05, 4.69) is 56.7 Å². The maximum Gasteiger partial charge on any atom is 0.0695 e. The summed E-state index contributed by atoms with van der Waals surface area (Å²) in [5, 5.41) is 10.0. The molecule has 1 aromatic carbocycles. The number of aliphatic hydroxyl groups excluding tert-OH is 1. The first kappa shape index (κ1) is 16.7. The van der Waals surface area contributed by atoms with E-state index in [1.165, 1.54) is 41.4 Å². The van der Waals surface area contributed by atoms with Crippen LogP contribution in [0.1, 0.15) is 31.2 Å². The Kier molecular flexibility index (Phi) is 6.13. The largest absolute Gasteiger partial charge is 0.391 e. The lowest BCUT2D eigenvalue weighted by atomic mass is 10.1. The molecule has 0 spiro atoms. The van der Waals surface area contributed by atoms with Gasteiger partial charge in [0.25, 0.3) is 0 Å². The fourth-order valence-corrected chi connectivity index (χ4v) is 4.47. The number of hydrogen-bond acceptors (Lipinski definition) is 3. The van der Waals surface area contributed by atoms with E-state index in [0.29, 0.717) is 6.04 Å². The van der Waals surface area contributed by atoms with Crippen molar-refractivity contribution in [1.82, 2.24) is 9.80 Å². The summed E-state index contributed by atoms with van der Waals surface area (Å²) in [4.78, 5) is 5.11. The topological polar surface area (TPSA) is 26.7 Å². The van der Waals surface area contributed by atoms with E-state index in [1.54, 1.807) is 0 Å². The van der Waals surface area contributed by atoms with Gasteiger partial charge in [-0.25, -0.2) is 0 Å². The molecule has 2 fully saturated rings. The second-order valence-corrected chi connectivity index (χ2v) is 7.92. The Labute approximate surface area is 147 Å². The molecule has 1 aliphatic carbocycles. The van der Waals surface area contributed by atoms with Gasteiger partial charge in [-0.1, -0.05) is 12.1 Å². The Hall–Kier alpha value is -0.170. The van der Waals surface area contributed by atoms with Gasteiger partial charge >= 0.3 is 0 Å². The van der Waals surface area contributed by atoms with E-state index in [-0.39, 0.29) is 6.10 Å². The summed E-state index contributed by atoms with van der Waals surface area (Å²) in [6.07, 6.45) is 5.73. The molecule has 1 aromatic rings. The molecule has 0 amide bonds. The second kappa shape index (κ2) is 8.08. The monoisotopic (exact) mass is 412 g/mol. The Morgan fingerprint density at radius 2 is 1.95 bits per heavy atom. The molecule has 0 bridgehead atoms. The van der Waals surface area contributed by atoms with Crippen LogP contribution in [0.15, 0.2) is 24.3 Å². The number of halogens is 1. The van der Waals surface area contributed by atoms with Crippen molar-refractivity contribution in [2.24, 2.45) is 0 Å². The molecule has 22 heavy (non-hydrogen) atoms. The van der Waals surface area contributed by atoms with Gasteiger partial charge in [0, 0.05) is 35.8 Å². The van der Waals surface area contributed by atoms with Crippen molar-refractivity contribution < 1.29 is 5.11 Å². The lowest BCUT2D eigenvalue weighted by Crippen LogP contribution is -2.52. The number of piperazine rings is 1. The molecule has 4 heteroatoms. The Morgan fingerprint density at radius 1 is 1.14 bits per heavy atom. The van der Waals surface area contributed by atoms with Gasteiger partial charge in [-0.15, -0.1) is 0 Å². The third kappa shape index (κ3) is 4.43. The minimum Gasteiger partial charge on any atom is -0.391 e. The fourth-order valence-electron chi connectivity index (χ4n) is 3.86. The highest BCUT2D eigenvalue weighted by molar-refractivity contribution is 14.1. The van der Waals surface area contributed by atoms with Crippen LogP contribution >= 0.6 is 22.6 Å². The molecule has 1 heterocycles. The highest BCUT2D eigenvalue weighted by atomic mass is 125. The van der Waals surface area contributed by atoms with Crippen molar-refractivity contribution in [3.63, 3.8) is 0 Å². The van der Waals surface area contributed by atoms with Gasteiger partial charge in [-0.2, -0.15) is 0 Å². The smallest absolute Gasteiger partial charge is 0.0695 e. The minimum atomic E-state index is -0.0768. The molecule has 1 saturated heterocycles. The van der Waals surface area contributed by atoms with Crippen molar-refractivity contribution in [1.29, 1.82) is 0 Å². The SMILES string of the molecule is O[C@H]1CCC[C@@H]1N1CCN(CCCc2cccc([125I])c2)CC1. The van der Waals surface area contributed by atoms with Crippen LogP contribution in [0.2, 0.25) is 0 Å². The molecule has 1 saturated carbocycles. The van der Waals surface area contributed by atoms with Crippen molar-refractivity contribution >= 4 is 22.6 Å². The van der Waals surface area contributed by atoms with E-state index < -0.39 is 0 Å². The van der Waals surface area contributed by atoms with E-state index in [1.807, 2.05) is 0 Å². The van der Waals surface area contributed by atoms with Crippen LogP contribution in [0.3, 0.4) is 0 Å². The first-order valence-electron chi connectivity index (χ1n) is 8.61. The van der Waals surface area contributed by atoms with E-state index in [4.69, 9.17) is 0 Å². The average molecular weight is 412 g/mol. The van der Waals surface area contributed by atoms with Crippen LogP contribution < -0.4 is 0 Å². The predicted octanol–water partition coefficient (Wildman–Crippen LogP) is 2.75. The molecule has 1 N–H and O–H groups in total. The molecule has 3 nitrogen and oxygen atoms in total. The maximum absolute atomic E-state index is 10.0. The summed E-state index contributed by atoms with van der Waals surface area (Å²) in [6, 6.07) is 9.28. The lowest BCUT2D eigenvalue weighted by Gasteiger charge is -2.39. The zero-order chi connectivity index (χ0) is 15.4. The Bertz CT molecular complexity index is 474. The molecule has 122 valence electrons. The standard InChI is InChI=1S/C18H27IN2O/c19-16-6-1-4-15(14-16)5-3-9-20-10-12-21(13-11-20)17-7-2-8-18(17)22/h1,4,6,14,17-18,22H,2-3,5,7-13H2/t17-,18-/m0/s1/i19-2. The van der Waals surface area contributed by atoms with Gasteiger partial charge in [-0.05, 0) is 78.9 Å². The lowest BCUT2D eigenvalue weighted by molar-refractivity contribution is 0.0353. The molecule has 0 unspecified atom stereocenters. The van der Waals surface area contributed by atoms with Gasteiger partial charge < -0.3 is 10.0 Å². The third-order valence-electron chi connectivity index (χ3n) is 5.15. The van der Waals surface area contributed by atoms with Crippen molar-refractivity contribution in [2.45, 2.75) is 44.2 Å². The van der Waals surface area contributed by atoms with Crippen LogP contribution in [0, 0.1) is 3.57 Å². The summed E-state index contributed by atoms with van der Waals surface area (Å²) in [5.41, 5.74) is 1.46. The molecule has 1 aliphatic heterocycles. The molecule has 3 rings (SSSR count). The zero-order valence-electron chi connectivity index (χ0n) is 13.3. The van der Waals surface area contributed by atoms with Crippen LogP contribution in [0.4, 0.5) is 0 Å². The molecule has 0 aromatic heterocycles. The van der Waals surface area contributed by atoms with Gasteiger partial charge in [0.05, 0.1) is 6.10 Å². The number of aryl methyl sites for hydroxylation is 1. The second-order valence-electron chi connectivity index (χ2n) is 6.68. The highest BCUT2D eigenvalue weighted by Gasteiger charge is 2.32. The van der Waals surface area contributed by atoms with E-state index in [0.717, 1.165) is 32.6 Å². The third-order valence-corrected chi connectivity index (χ3v) is 5.82. The normalized spacial score (nSPS) is 27.4. The van der Waals surface area contributed by atoms with Gasteiger partial charge in [-0.3, -0.25) is 4.90 Å². The zero-order valence-corrected chi connectivity index (χ0v) is 15.4. The summed E-state index contributed by atoms with van der Waals surface area (Å²) >= 11 is 2.39. The predicted molar refractivity (Wildman–Crippen MR) is 99.1 cm³/mol. The number of nitrogens with zero attached hydrogens (tertiary/aromatic N) is 2. The molecule has 0 radical (unpaired) electrons. The summed E-state index contributed by atoms with van der Waals surface area (Å²) in [6.45, 7) is 5.79. The summed E-state index contributed by atoms with van der Waals surface area (Å²) in [7, 11) is 0. The molecule has 2 aliphatic rings. The maximum atomic E-state index is 10.0. The van der Waals surface area contributed by atoms with Crippen molar-refractivity contribution in [3.05, 3.63) is 33.4 Å². The summed E-state index contributed by atoms with van der Waals surface area (Å²) in [5.74, 6) is 0. The van der Waals surface area contributed by atoms with Gasteiger partial charge in [0.2, 0.25) is 0 Å². The van der Waals surface area contributed by atoms with Crippen molar-refractivity contribution in [2.75, 3.05) is 32.7 Å². The first-order chi connectivity index (χ1) is 10.7. The first-order valence-corrected chi connectivity index (χ1v) is 9.69. The van der Waals surface area contributed by atoms with Crippen LogP contribution in [0.5, 0.6) is 0 Å². The average Bonchev–Trinajstić information content (AvgIpc) is 2.94. The molecule has 2 atom stereocenters. The number of aliphatic hydroxyl groups is 1. The van der Waals surface area contributed by atoms with E-state index >= 15 is 0 Å². The van der Waals surface area contributed by atoms with E-state index in [9.17, 15) is 5.11 Å². The highest BCUT2D eigenvalue weighted by Crippen LogP contribution is 2.25. The Balaban J connectivity index is 1.37. The van der Waals surface area contributed by atoms with Gasteiger partial charge in [0.1, 0.15) is 0 Å². The number of benzene rings is 1. The minimum absolute atomic E-state index is 0.0768. The Morgan fingerprint density at radius 3 is 2.64 bits per heavy atom. The van der Waals surface area contributed by atoms with Crippen LogP contribution in [-0.2, 0) is 6.42 Å². The number of rotatable bonds is 5. The quantitative estimate of drug-likeness (QED) is 0.754. The number of hydrogen-bond donors (Lipinski definition) is 1. The fraction of sp³-hybridized carbons (Fsp3) is 0.667. The van der Waals surface area contributed by atoms with Crippen LogP contribution in [-0.4, -0.2) is 59.8 Å². The molecular formula is C18H27IN2O. The van der Waals surface area contributed by atoms with Crippen LogP contribution in [0.25, 0.3) is 0 Å². The van der Waals surface area contributed by atoms with Gasteiger partial charge in [0.15, 0.2) is 0 Å². The summed E-state index contributed by atoms with van der Waals surface area (Å²) < 4.78 is 1.33. The molecular weight excluding hydrogens is 385 g/mol.